The van der Waals surface area contributed by atoms with Gasteiger partial charge in [-0.05, 0) is 31.4 Å². The molecule has 0 unspecified atom stereocenters. The predicted octanol–water partition coefficient (Wildman–Crippen LogP) is 2.05. The minimum Gasteiger partial charge on any atom is -0.396 e. The first kappa shape index (κ1) is 16.4. The summed E-state index contributed by atoms with van der Waals surface area (Å²) >= 11 is 0. The first-order valence-electron chi connectivity index (χ1n) is 6.85. The third-order valence-electron chi connectivity index (χ3n) is 3.78. The summed E-state index contributed by atoms with van der Waals surface area (Å²) in [6.07, 6.45) is 0.823. The van der Waals surface area contributed by atoms with Gasteiger partial charge < -0.3 is 10.4 Å². The molecule has 19 heavy (non-hydrogen) atoms. The summed E-state index contributed by atoms with van der Waals surface area (Å²) in [5.74, 6) is 0. The SMILES string of the molecule is Cc1ccc([C@H](CCO)N2CCNCC2)c(C)c1.Cl. The molecule has 1 saturated heterocycles. The van der Waals surface area contributed by atoms with E-state index in [9.17, 15) is 5.11 Å². The Morgan fingerprint density at radius 2 is 1.95 bits per heavy atom. The number of benzene rings is 1. The van der Waals surface area contributed by atoms with Gasteiger partial charge in [0.2, 0.25) is 0 Å². The van der Waals surface area contributed by atoms with Crippen LogP contribution < -0.4 is 5.32 Å². The van der Waals surface area contributed by atoms with Gasteiger partial charge in [-0.3, -0.25) is 4.90 Å². The monoisotopic (exact) mass is 284 g/mol. The molecule has 1 aromatic carbocycles. The quantitative estimate of drug-likeness (QED) is 0.888. The second-order valence-electron chi connectivity index (χ2n) is 5.17. The number of aliphatic hydroxyl groups excluding tert-OH is 1. The molecule has 1 heterocycles. The fraction of sp³-hybridized carbons (Fsp3) is 0.600. The van der Waals surface area contributed by atoms with Crippen LogP contribution in [0.1, 0.15) is 29.2 Å². The summed E-state index contributed by atoms with van der Waals surface area (Å²) in [5.41, 5.74) is 4.02. The Balaban J connectivity index is 0.00000180. The third kappa shape index (κ3) is 4.18. The van der Waals surface area contributed by atoms with Crippen molar-refractivity contribution in [3.63, 3.8) is 0 Å². The number of nitrogens with zero attached hydrogens (tertiary/aromatic N) is 1. The molecule has 0 aliphatic carbocycles. The second-order valence-corrected chi connectivity index (χ2v) is 5.17. The molecule has 2 rings (SSSR count). The number of piperazine rings is 1. The number of aliphatic hydroxyl groups is 1. The second kappa shape index (κ2) is 7.85. The van der Waals surface area contributed by atoms with Crippen molar-refractivity contribution in [2.45, 2.75) is 26.3 Å². The summed E-state index contributed by atoms with van der Waals surface area (Å²) in [5, 5.41) is 12.7. The zero-order valence-corrected chi connectivity index (χ0v) is 12.7. The largest absolute Gasteiger partial charge is 0.396 e. The highest BCUT2D eigenvalue weighted by Gasteiger charge is 2.22. The van der Waals surface area contributed by atoms with E-state index >= 15 is 0 Å². The molecule has 0 spiro atoms. The van der Waals surface area contributed by atoms with Gasteiger partial charge in [0.1, 0.15) is 0 Å². The van der Waals surface area contributed by atoms with Crippen LogP contribution in [0.25, 0.3) is 0 Å². The molecule has 1 fully saturated rings. The summed E-state index contributed by atoms with van der Waals surface area (Å²) in [6.45, 7) is 8.79. The van der Waals surface area contributed by atoms with Gasteiger partial charge in [-0.15, -0.1) is 12.4 Å². The van der Waals surface area contributed by atoms with E-state index in [1.807, 2.05) is 0 Å². The molecule has 1 aliphatic rings. The first-order chi connectivity index (χ1) is 8.72. The summed E-state index contributed by atoms with van der Waals surface area (Å²) in [6, 6.07) is 7.00. The van der Waals surface area contributed by atoms with Crippen LogP contribution >= 0.6 is 12.4 Å². The van der Waals surface area contributed by atoms with Crippen molar-refractivity contribution < 1.29 is 5.11 Å². The van der Waals surface area contributed by atoms with Crippen LogP contribution in [0.5, 0.6) is 0 Å². The number of hydrogen-bond acceptors (Lipinski definition) is 3. The number of halogens is 1. The first-order valence-corrected chi connectivity index (χ1v) is 6.85. The van der Waals surface area contributed by atoms with Crippen LogP contribution in [-0.2, 0) is 0 Å². The highest BCUT2D eigenvalue weighted by molar-refractivity contribution is 5.85. The number of nitrogens with one attached hydrogen (secondary N) is 1. The van der Waals surface area contributed by atoms with Gasteiger partial charge in [-0.2, -0.15) is 0 Å². The fourth-order valence-electron chi connectivity index (χ4n) is 2.85. The van der Waals surface area contributed by atoms with Crippen LogP contribution in [0.2, 0.25) is 0 Å². The zero-order chi connectivity index (χ0) is 13.0. The normalized spacial score (nSPS) is 17.8. The molecule has 0 amide bonds. The van der Waals surface area contributed by atoms with Crippen LogP contribution in [0.4, 0.5) is 0 Å². The van der Waals surface area contributed by atoms with E-state index in [0.29, 0.717) is 6.04 Å². The smallest absolute Gasteiger partial charge is 0.0449 e. The van der Waals surface area contributed by atoms with E-state index in [2.05, 4.69) is 42.3 Å². The van der Waals surface area contributed by atoms with Crippen LogP contribution in [-0.4, -0.2) is 42.8 Å². The van der Waals surface area contributed by atoms with Crippen LogP contribution in [0, 0.1) is 13.8 Å². The van der Waals surface area contributed by atoms with Gasteiger partial charge in [0.25, 0.3) is 0 Å². The van der Waals surface area contributed by atoms with E-state index in [4.69, 9.17) is 0 Å². The summed E-state index contributed by atoms with van der Waals surface area (Å²) < 4.78 is 0. The van der Waals surface area contributed by atoms with Crippen LogP contribution in [0.3, 0.4) is 0 Å². The molecular weight excluding hydrogens is 260 g/mol. The molecule has 0 bridgehead atoms. The molecule has 1 atom stereocenters. The van der Waals surface area contributed by atoms with Gasteiger partial charge >= 0.3 is 0 Å². The molecular formula is C15H25ClN2O. The molecule has 0 radical (unpaired) electrons. The maximum Gasteiger partial charge on any atom is 0.0449 e. The van der Waals surface area contributed by atoms with Gasteiger partial charge in [-0.25, -0.2) is 0 Å². The van der Waals surface area contributed by atoms with Crippen molar-refractivity contribution in [2.24, 2.45) is 0 Å². The van der Waals surface area contributed by atoms with E-state index < -0.39 is 0 Å². The highest BCUT2D eigenvalue weighted by atomic mass is 35.5. The standard InChI is InChI=1S/C15H24N2O.ClH/c1-12-3-4-14(13(2)11-12)15(5-10-18)17-8-6-16-7-9-17;/h3-4,11,15-16,18H,5-10H2,1-2H3;1H/t15-;/m0./s1. The van der Waals surface area contributed by atoms with Crippen molar-refractivity contribution >= 4 is 12.4 Å². The van der Waals surface area contributed by atoms with Gasteiger partial charge in [0.15, 0.2) is 0 Å². The Morgan fingerprint density at radius 3 is 2.53 bits per heavy atom. The number of rotatable bonds is 4. The Kier molecular flexibility index (Phi) is 6.80. The van der Waals surface area contributed by atoms with E-state index in [1.54, 1.807) is 0 Å². The Bertz CT molecular complexity index is 392. The van der Waals surface area contributed by atoms with Crippen molar-refractivity contribution in [1.82, 2.24) is 10.2 Å². The number of hydrogen-bond donors (Lipinski definition) is 2. The summed E-state index contributed by atoms with van der Waals surface area (Å²) in [7, 11) is 0. The van der Waals surface area contributed by atoms with E-state index in [-0.39, 0.29) is 19.0 Å². The maximum atomic E-state index is 9.33. The van der Waals surface area contributed by atoms with E-state index in [1.165, 1.54) is 16.7 Å². The third-order valence-corrected chi connectivity index (χ3v) is 3.78. The average Bonchev–Trinajstić information content (AvgIpc) is 2.38. The van der Waals surface area contributed by atoms with Crippen LogP contribution in [0.15, 0.2) is 18.2 Å². The Hall–Kier alpha value is -0.610. The Morgan fingerprint density at radius 1 is 1.26 bits per heavy atom. The highest BCUT2D eigenvalue weighted by Crippen LogP contribution is 2.27. The molecule has 4 heteroatoms. The molecule has 1 aromatic rings. The molecule has 1 aliphatic heterocycles. The van der Waals surface area contributed by atoms with E-state index in [0.717, 1.165) is 32.6 Å². The van der Waals surface area contributed by atoms with Crippen molar-refractivity contribution in [2.75, 3.05) is 32.8 Å². The van der Waals surface area contributed by atoms with Crippen molar-refractivity contribution in [3.8, 4) is 0 Å². The molecule has 3 nitrogen and oxygen atoms in total. The zero-order valence-electron chi connectivity index (χ0n) is 11.9. The minimum atomic E-state index is 0. The topological polar surface area (TPSA) is 35.5 Å². The Labute approximate surface area is 122 Å². The lowest BCUT2D eigenvalue weighted by molar-refractivity contribution is 0.140. The lowest BCUT2D eigenvalue weighted by atomic mass is 9.95. The fourth-order valence-corrected chi connectivity index (χ4v) is 2.85. The van der Waals surface area contributed by atoms with Crippen molar-refractivity contribution in [1.29, 1.82) is 0 Å². The lowest BCUT2D eigenvalue weighted by Crippen LogP contribution is -2.45. The molecule has 0 saturated carbocycles. The average molecular weight is 285 g/mol. The van der Waals surface area contributed by atoms with Gasteiger partial charge in [-0.1, -0.05) is 23.8 Å². The van der Waals surface area contributed by atoms with Gasteiger partial charge in [0, 0.05) is 38.8 Å². The van der Waals surface area contributed by atoms with Crippen molar-refractivity contribution in [3.05, 3.63) is 34.9 Å². The predicted molar refractivity (Wildman–Crippen MR) is 82.1 cm³/mol. The number of aryl methyl sites for hydroxylation is 2. The molecule has 0 aromatic heterocycles. The lowest BCUT2D eigenvalue weighted by Gasteiger charge is -2.35. The summed E-state index contributed by atoms with van der Waals surface area (Å²) in [4.78, 5) is 2.49. The minimum absolute atomic E-state index is 0. The molecule has 108 valence electrons. The maximum absolute atomic E-state index is 9.33. The van der Waals surface area contributed by atoms with Gasteiger partial charge in [0.05, 0.1) is 0 Å². The molecule has 2 N–H and O–H groups in total.